The molecule has 0 amide bonds. The number of allylic oxidation sites excluding steroid dienone is 2. The lowest BCUT2D eigenvalue weighted by Crippen LogP contribution is -2.11. The largest absolute Gasteiger partial charge is 0.304 e. The molecule has 0 aromatic heterocycles. The van der Waals surface area contributed by atoms with E-state index in [1.54, 1.807) is 10.8 Å². The van der Waals surface area contributed by atoms with Gasteiger partial charge in [0.25, 0.3) is 0 Å². The van der Waals surface area contributed by atoms with Gasteiger partial charge >= 0.3 is 0 Å². The molecule has 1 aliphatic heterocycles. The van der Waals surface area contributed by atoms with Gasteiger partial charge in [0.1, 0.15) is 0 Å². The third kappa shape index (κ3) is 4.42. The average Bonchev–Trinajstić information content (AvgIpc) is 2.97. The molecule has 0 spiro atoms. The van der Waals surface area contributed by atoms with Gasteiger partial charge in [-0.05, 0) is 25.9 Å². The standard InChI is InChI=1S/C12H25NSi/c1-4-6-12(7-5-2)11(3)14-10-13-8-9-13/h4-10,14H2,1-3H3. The Morgan fingerprint density at radius 1 is 1.14 bits per heavy atom. The van der Waals surface area contributed by atoms with Gasteiger partial charge in [-0.1, -0.05) is 37.5 Å². The Morgan fingerprint density at radius 3 is 2.14 bits per heavy atom. The molecule has 1 fully saturated rings. The van der Waals surface area contributed by atoms with Crippen LogP contribution in [0.1, 0.15) is 46.5 Å². The molecule has 0 atom stereocenters. The van der Waals surface area contributed by atoms with Gasteiger partial charge in [0.05, 0.1) is 9.52 Å². The number of rotatable bonds is 7. The van der Waals surface area contributed by atoms with Crippen molar-refractivity contribution in [3.05, 3.63) is 10.8 Å². The maximum absolute atomic E-state index is 2.57. The van der Waals surface area contributed by atoms with Crippen molar-refractivity contribution in [3.8, 4) is 0 Å². The molecule has 2 heteroatoms. The molecule has 0 aromatic rings. The summed E-state index contributed by atoms with van der Waals surface area (Å²) in [6.07, 6.45) is 6.79. The molecule has 0 aliphatic carbocycles. The van der Waals surface area contributed by atoms with Gasteiger partial charge in [-0.25, -0.2) is 0 Å². The quantitative estimate of drug-likeness (QED) is 0.461. The van der Waals surface area contributed by atoms with Crippen LogP contribution in [0.3, 0.4) is 0 Å². The van der Waals surface area contributed by atoms with Crippen molar-refractivity contribution < 1.29 is 0 Å². The first-order valence-electron chi connectivity index (χ1n) is 6.17. The minimum atomic E-state index is 0.0682. The number of nitrogens with zero attached hydrogens (tertiary/aromatic N) is 1. The zero-order valence-electron chi connectivity index (χ0n) is 10.1. The normalized spacial score (nSPS) is 16.5. The van der Waals surface area contributed by atoms with Crippen molar-refractivity contribution >= 4 is 9.52 Å². The molecular formula is C12H25NSi. The van der Waals surface area contributed by atoms with Crippen molar-refractivity contribution in [1.82, 2.24) is 4.90 Å². The lowest BCUT2D eigenvalue weighted by molar-refractivity contribution is 0.659. The van der Waals surface area contributed by atoms with E-state index in [2.05, 4.69) is 25.7 Å². The fourth-order valence-corrected chi connectivity index (χ4v) is 3.76. The van der Waals surface area contributed by atoms with Crippen LogP contribution in [0.4, 0.5) is 0 Å². The minimum absolute atomic E-state index is 0.0682. The van der Waals surface area contributed by atoms with Crippen LogP contribution in [0.2, 0.25) is 0 Å². The van der Waals surface area contributed by atoms with Crippen LogP contribution >= 0.6 is 0 Å². The van der Waals surface area contributed by atoms with E-state index in [0.29, 0.717) is 0 Å². The second-order valence-corrected chi connectivity index (χ2v) is 6.48. The van der Waals surface area contributed by atoms with E-state index in [4.69, 9.17) is 0 Å². The zero-order chi connectivity index (χ0) is 10.4. The van der Waals surface area contributed by atoms with Crippen LogP contribution in [-0.4, -0.2) is 33.7 Å². The maximum atomic E-state index is 2.57. The third-order valence-electron chi connectivity index (χ3n) is 3.05. The highest BCUT2D eigenvalue weighted by Gasteiger charge is 2.16. The van der Waals surface area contributed by atoms with Crippen molar-refractivity contribution in [1.29, 1.82) is 0 Å². The smallest absolute Gasteiger partial charge is 0.0649 e. The average molecular weight is 211 g/mol. The fourth-order valence-electron chi connectivity index (χ4n) is 1.95. The summed E-state index contributed by atoms with van der Waals surface area (Å²) < 4.78 is 0. The van der Waals surface area contributed by atoms with E-state index in [1.165, 1.54) is 44.9 Å². The van der Waals surface area contributed by atoms with Gasteiger partial charge in [0.15, 0.2) is 0 Å². The summed E-state index contributed by atoms with van der Waals surface area (Å²) in [4.78, 5) is 2.57. The monoisotopic (exact) mass is 211 g/mol. The molecule has 1 heterocycles. The van der Waals surface area contributed by atoms with Crippen LogP contribution in [0.15, 0.2) is 10.8 Å². The van der Waals surface area contributed by atoms with E-state index in [9.17, 15) is 0 Å². The summed E-state index contributed by atoms with van der Waals surface area (Å²) in [5, 5.41) is 1.81. The van der Waals surface area contributed by atoms with Crippen LogP contribution in [0, 0.1) is 0 Å². The van der Waals surface area contributed by atoms with Crippen molar-refractivity contribution in [3.63, 3.8) is 0 Å². The Bertz CT molecular complexity index is 186. The molecule has 0 N–H and O–H groups in total. The minimum Gasteiger partial charge on any atom is -0.304 e. The van der Waals surface area contributed by atoms with E-state index < -0.39 is 0 Å². The molecule has 0 bridgehead atoms. The zero-order valence-corrected chi connectivity index (χ0v) is 11.5. The SMILES string of the molecule is CCCC(CCC)=C(C)[SiH2]CN1CC1. The van der Waals surface area contributed by atoms with Gasteiger partial charge in [-0.15, -0.1) is 0 Å². The molecule has 0 radical (unpaired) electrons. The molecule has 0 unspecified atom stereocenters. The third-order valence-corrected chi connectivity index (χ3v) is 5.16. The molecule has 0 saturated carbocycles. The Hall–Kier alpha value is -0.0831. The summed E-state index contributed by atoms with van der Waals surface area (Å²) >= 11 is 0. The van der Waals surface area contributed by atoms with Gasteiger partial charge in [-0.3, -0.25) is 0 Å². The van der Waals surface area contributed by atoms with Gasteiger partial charge in [0.2, 0.25) is 0 Å². The lowest BCUT2D eigenvalue weighted by atomic mass is 10.1. The summed E-state index contributed by atoms with van der Waals surface area (Å²) in [7, 11) is 0.0682. The topological polar surface area (TPSA) is 3.01 Å². The Kier molecular flexibility index (Phi) is 5.49. The highest BCUT2D eigenvalue weighted by atomic mass is 28.2. The van der Waals surface area contributed by atoms with E-state index in [-0.39, 0.29) is 9.52 Å². The van der Waals surface area contributed by atoms with Gasteiger partial charge in [0, 0.05) is 13.1 Å². The van der Waals surface area contributed by atoms with Crippen LogP contribution in [-0.2, 0) is 0 Å². The first-order valence-corrected chi connectivity index (χ1v) is 7.88. The first-order chi connectivity index (χ1) is 6.77. The molecular weight excluding hydrogens is 186 g/mol. The summed E-state index contributed by atoms with van der Waals surface area (Å²) in [5.74, 6) is 0. The van der Waals surface area contributed by atoms with E-state index in [0.717, 1.165) is 0 Å². The highest BCUT2D eigenvalue weighted by Crippen LogP contribution is 2.17. The summed E-state index contributed by atoms with van der Waals surface area (Å²) in [5.41, 5.74) is 1.79. The summed E-state index contributed by atoms with van der Waals surface area (Å²) in [6.45, 7) is 9.74. The lowest BCUT2D eigenvalue weighted by Gasteiger charge is -2.10. The van der Waals surface area contributed by atoms with Crippen LogP contribution in [0.5, 0.6) is 0 Å². The predicted octanol–water partition coefficient (Wildman–Crippen LogP) is 2.30. The molecule has 0 aromatic carbocycles. The first kappa shape index (κ1) is 12.0. The molecule has 1 nitrogen and oxygen atoms in total. The molecule has 14 heavy (non-hydrogen) atoms. The number of hydrogen-bond donors (Lipinski definition) is 0. The van der Waals surface area contributed by atoms with Crippen molar-refractivity contribution in [2.45, 2.75) is 46.5 Å². The molecule has 1 rings (SSSR count). The van der Waals surface area contributed by atoms with Crippen molar-refractivity contribution in [2.75, 3.05) is 19.3 Å². The van der Waals surface area contributed by atoms with E-state index in [1.807, 2.05) is 0 Å². The fraction of sp³-hybridized carbons (Fsp3) is 0.833. The molecule has 1 aliphatic rings. The highest BCUT2D eigenvalue weighted by molar-refractivity contribution is 6.45. The second kappa shape index (κ2) is 6.41. The number of hydrogen-bond acceptors (Lipinski definition) is 1. The van der Waals surface area contributed by atoms with Crippen LogP contribution in [0.25, 0.3) is 0 Å². The van der Waals surface area contributed by atoms with E-state index >= 15 is 0 Å². The Morgan fingerprint density at radius 2 is 1.71 bits per heavy atom. The molecule has 1 saturated heterocycles. The maximum Gasteiger partial charge on any atom is 0.0649 e. The van der Waals surface area contributed by atoms with Gasteiger partial charge < -0.3 is 4.90 Å². The van der Waals surface area contributed by atoms with Crippen LogP contribution < -0.4 is 0 Å². The predicted molar refractivity (Wildman–Crippen MR) is 67.5 cm³/mol. The Labute approximate surface area is 91.4 Å². The second-order valence-electron chi connectivity index (χ2n) is 4.48. The Balaban J connectivity index is 2.35. The molecule has 82 valence electrons. The van der Waals surface area contributed by atoms with Gasteiger partial charge in [-0.2, -0.15) is 0 Å². The van der Waals surface area contributed by atoms with Crippen molar-refractivity contribution in [2.24, 2.45) is 0 Å². The summed E-state index contributed by atoms with van der Waals surface area (Å²) in [6, 6.07) is 0.